The standard InChI is InChI=1S/C15H13F6N3S/c16-14(17,18)10-4-1-5-12(22-10)24-6-2-3-9(7-24)13-23-11(8-25-13)15(19,20)21/h1,4-5,8-9H,2-3,6-7H2. The fraction of sp³-hybridized carbons (Fsp3) is 0.467. The van der Waals surface area contributed by atoms with Crippen molar-refractivity contribution in [2.45, 2.75) is 31.1 Å². The first-order chi connectivity index (χ1) is 11.6. The molecule has 0 aromatic carbocycles. The number of rotatable bonds is 2. The van der Waals surface area contributed by atoms with Crippen LogP contribution in [0.25, 0.3) is 0 Å². The maximum Gasteiger partial charge on any atom is 0.434 e. The maximum absolute atomic E-state index is 12.8. The molecule has 1 unspecified atom stereocenters. The average Bonchev–Trinajstić information content (AvgIpc) is 3.05. The molecular formula is C15H13F6N3S. The lowest BCUT2D eigenvalue weighted by atomic mass is 9.98. The molecule has 2 aromatic rings. The van der Waals surface area contributed by atoms with E-state index >= 15 is 0 Å². The van der Waals surface area contributed by atoms with Gasteiger partial charge >= 0.3 is 12.4 Å². The van der Waals surface area contributed by atoms with Crippen molar-refractivity contribution < 1.29 is 26.3 Å². The second kappa shape index (κ2) is 6.47. The molecule has 3 nitrogen and oxygen atoms in total. The molecule has 1 fully saturated rings. The molecular weight excluding hydrogens is 368 g/mol. The van der Waals surface area contributed by atoms with Crippen LogP contribution in [0.15, 0.2) is 23.6 Å². The number of piperidine rings is 1. The zero-order valence-electron chi connectivity index (χ0n) is 12.7. The molecule has 1 saturated heterocycles. The van der Waals surface area contributed by atoms with Gasteiger partial charge in [0.2, 0.25) is 0 Å². The molecule has 0 radical (unpaired) electrons. The van der Waals surface area contributed by atoms with E-state index in [-0.39, 0.29) is 11.7 Å². The Labute approximate surface area is 143 Å². The SMILES string of the molecule is FC(F)(F)c1cccc(N2CCCC(c3nc(C(F)(F)F)cs3)C2)n1. The average molecular weight is 381 g/mol. The molecule has 0 spiro atoms. The van der Waals surface area contributed by atoms with Crippen molar-refractivity contribution in [2.24, 2.45) is 0 Å². The summed E-state index contributed by atoms with van der Waals surface area (Å²) >= 11 is 0.929. The van der Waals surface area contributed by atoms with E-state index in [0.29, 0.717) is 30.9 Å². The topological polar surface area (TPSA) is 29.0 Å². The first-order valence-corrected chi connectivity index (χ1v) is 8.34. The van der Waals surface area contributed by atoms with Crippen molar-refractivity contribution in [2.75, 3.05) is 18.0 Å². The smallest absolute Gasteiger partial charge is 0.356 e. The predicted molar refractivity (Wildman–Crippen MR) is 80.5 cm³/mol. The summed E-state index contributed by atoms with van der Waals surface area (Å²) < 4.78 is 76.4. The van der Waals surface area contributed by atoms with Crippen molar-refractivity contribution in [1.82, 2.24) is 9.97 Å². The van der Waals surface area contributed by atoms with Gasteiger partial charge in [0.1, 0.15) is 11.5 Å². The molecule has 0 bridgehead atoms. The second-order valence-corrected chi connectivity index (χ2v) is 6.62. The monoisotopic (exact) mass is 381 g/mol. The zero-order chi connectivity index (χ0) is 18.2. The molecule has 0 saturated carbocycles. The third-order valence-corrected chi connectivity index (χ3v) is 4.94. The summed E-state index contributed by atoms with van der Waals surface area (Å²) in [6, 6.07) is 3.64. The van der Waals surface area contributed by atoms with E-state index in [1.54, 1.807) is 4.90 Å². The van der Waals surface area contributed by atoms with Crippen LogP contribution in [0.2, 0.25) is 0 Å². The fourth-order valence-electron chi connectivity index (χ4n) is 2.75. The van der Waals surface area contributed by atoms with Gasteiger partial charge in [-0.25, -0.2) is 9.97 Å². The first kappa shape index (κ1) is 18.0. The summed E-state index contributed by atoms with van der Waals surface area (Å²) in [6.45, 7) is 0.793. The normalized spacial score (nSPS) is 19.3. The van der Waals surface area contributed by atoms with Crippen molar-refractivity contribution in [3.05, 3.63) is 40.0 Å². The van der Waals surface area contributed by atoms with E-state index in [1.807, 2.05) is 0 Å². The molecule has 25 heavy (non-hydrogen) atoms. The number of aromatic nitrogens is 2. The van der Waals surface area contributed by atoms with Gasteiger partial charge < -0.3 is 4.90 Å². The molecule has 0 aliphatic carbocycles. The van der Waals surface area contributed by atoms with Gasteiger partial charge in [0.25, 0.3) is 0 Å². The number of anilines is 1. The second-order valence-electron chi connectivity index (χ2n) is 5.73. The highest BCUT2D eigenvalue weighted by molar-refractivity contribution is 7.09. The summed E-state index contributed by atoms with van der Waals surface area (Å²) in [5.41, 5.74) is -1.91. The molecule has 1 aliphatic heterocycles. The zero-order valence-corrected chi connectivity index (χ0v) is 13.5. The lowest BCUT2D eigenvalue weighted by Gasteiger charge is -2.33. The van der Waals surface area contributed by atoms with E-state index in [2.05, 4.69) is 9.97 Å². The molecule has 1 aliphatic rings. The minimum absolute atomic E-state index is 0.173. The van der Waals surface area contributed by atoms with E-state index in [9.17, 15) is 26.3 Å². The van der Waals surface area contributed by atoms with Crippen molar-refractivity contribution >= 4 is 17.2 Å². The molecule has 2 aromatic heterocycles. The van der Waals surface area contributed by atoms with Crippen LogP contribution in [0.4, 0.5) is 32.2 Å². The Morgan fingerprint density at radius 1 is 1.00 bits per heavy atom. The molecule has 0 N–H and O–H groups in total. The number of hydrogen-bond acceptors (Lipinski definition) is 4. The highest BCUT2D eigenvalue weighted by atomic mass is 32.1. The van der Waals surface area contributed by atoms with E-state index in [1.165, 1.54) is 12.1 Å². The van der Waals surface area contributed by atoms with Gasteiger partial charge in [0, 0.05) is 24.4 Å². The number of alkyl halides is 6. The van der Waals surface area contributed by atoms with Crippen LogP contribution in [0, 0.1) is 0 Å². The van der Waals surface area contributed by atoms with Crippen LogP contribution in [0.5, 0.6) is 0 Å². The summed E-state index contributed by atoms with van der Waals surface area (Å²) in [4.78, 5) is 8.97. The van der Waals surface area contributed by atoms with Crippen LogP contribution in [0.1, 0.15) is 35.2 Å². The Balaban J connectivity index is 1.79. The van der Waals surface area contributed by atoms with E-state index in [0.717, 1.165) is 22.8 Å². The lowest BCUT2D eigenvalue weighted by Crippen LogP contribution is -2.35. The van der Waals surface area contributed by atoms with Crippen LogP contribution < -0.4 is 4.90 Å². The van der Waals surface area contributed by atoms with Crippen LogP contribution >= 0.6 is 11.3 Å². The molecule has 3 rings (SSSR count). The Morgan fingerprint density at radius 3 is 2.36 bits per heavy atom. The number of nitrogens with zero attached hydrogens (tertiary/aromatic N) is 3. The van der Waals surface area contributed by atoms with Gasteiger partial charge in [-0.2, -0.15) is 26.3 Å². The quantitative estimate of drug-likeness (QED) is 0.689. The summed E-state index contributed by atoms with van der Waals surface area (Å²) in [6.07, 6.45) is -7.75. The highest BCUT2D eigenvalue weighted by Crippen LogP contribution is 2.36. The maximum atomic E-state index is 12.8. The van der Waals surface area contributed by atoms with Gasteiger partial charge in [-0.15, -0.1) is 11.3 Å². The Kier molecular flexibility index (Phi) is 4.65. The van der Waals surface area contributed by atoms with Crippen LogP contribution in [0.3, 0.4) is 0 Å². The van der Waals surface area contributed by atoms with Gasteiger partial charge in [-0.05, 0) is 25.0 Å². The first-order valence-electron chi connectivity index (χ1n) is 7.46. The third-order valence-electron chi connectivity index (χ3n) is 3.93. The van der Waals surface area contributed by atoms with Gasteiger partial charge in [-0.3, -0.25) is 0 Å². The fourth-order valence-corrected chi connectivity index (χ4v) is 3.70. The highest BCUT2D eigenvalue weighted by Gasteiger charge is 2.36. The van der Waals surface area contributed by atoms with E-state index < -0.39 is 23.7 Å². The lowest BCUT2D eigenvalue weighted by molar-refractivity contribution is -0.141. The van der Waals surface area contributed by atoms with Gasteiger partial charge in [0.15, 0.2) is 5.69 Å². The van der Waals surface area contributed by atoms with Crippen LogP contribution in [-0.2, 0) is 12.4 Å². The minimum atomic E-state index is -4.54. The van der Waals surface area contributed by atoms with Gasteiger partial charge in [-0.1, -0.05) is 6.07 Å². The van der Waals surface area contributed by atoms with E-state index in [4.69, 9.17) is 0 Å². The van der Waals surface area contributed by atoms with Crippen LogP contribution in [-0.4, -0.2) is 23.1 Å². The molecule has 3 heterocycles. The van der Waals surface area contributed by atoms with Crippen molar-refractivity contribution in [3.63, 3.8) is 0 Å². The molecule has 1 atom stereocenters. The summed E-state index contributed by atoms with van der Waals surface area (Å²) in [5, 5.41) is 1.32. The third kappa shape index (κ3) is 4.05. The molecule has 0 amide bonds. The number of pyridine rings is 1. The Hall–Kier alpha value is -1.84. The molecule has 10 heteroatoms. The number of thiazole rings is 1. The minimum Gasteiger partial charge on any atom is -0.356 e. The van der Waals surface area contributed by atoms with Gasteiger partial charge in [0.05, 0.1) is 5.01 Å². The number of hydrogen-bond donors (Lipinski definition) is 0. The number of halogens is 6. The Morgan fingerprint density at radius 2 is 1.72 bits per heavy atom. The molecule has 136 valence electrons. The summed E-state index contributed by atoms with van der Waals surface area (Å²) in [5.74, 6) is -0.0849. The largest absolute Gasteiger partial charge is 0.434 e. The Bertz CT molecular complexity index is 739. The van der Waals surface area contributed by atoms with Crippen molar-refractivity contribution in [3.8, 4) is 0 Å². The summed E-state index contributed by atoms with van der Waals surface area (Å²) in [7, 11) is 0. The van der Waals surface area contributed by atoms with Crippen molar-refractivity contribution in [1.29, 1.82) is 0 Å². The predicted octanol–water partition coefficient (Wildman–Crippen LogP) is 4.96.